The van der Waals surface area contributed by atoms with Crippen LogP contribution in [0.4, 0.5) is 0 Å². The van der Waals surface area contributed by atoms with Crippen molar-refractivity contribution in [1.29, 1.82) is 0 Å². The Morgan fingerprint density at radius 1 is 0.632 bits per heavy atom. The number of hydrogen-bond acceptors (Lipinski definition) is 10. The van der Waals surface area contributed by atoms with Crippen molar-refractivity contribution in [1.82, 2.24) is 0 Å². The SMILES string of the molecule is CO[Si](CCc1cccc[n+]1OC(=O)/C=C\C(=O)O[n+]1ccccc1CC[Si](OC)(OC)OC)(OC)OC. The molecule has 208 valence electrons. The summed E-state index contributed by atoms with van der Waals surface area (Å²) in [6.45, 7) is 0. The maximum Gasteiger partial charge on any atom is 0.500 e. The number of aryl methyl sites for hydroxylation is 2. The van der Waals surface area contributed by atoms with Gasteiger partial charge in [-0.25, -0.2) is 9.59 Å². The standard InChI is InChI=1S/C24H36N2O10Si2/c1-29-37(30-2,31-3)19-15-21-11-7-9-17-25(21)35-23(27)13-14-24(28)36-26-18-10-8-12-22(26)16-20-38(32-4,33-5)34-6/h7-14,17-18H,15-16,19-20H2,1-6H3/q+2/b14-13-. The van der Waals surface area contributed by atoms with Gasteiger partial charge in [0.05, 0.1) is 0 Å². The molecule has 2 rings (SSSR count). The topological polar surface area (TPSA) is 116 Å². The summed E-state index contributed by atoms with van der Waals surface area (Å²) in [4.78, 5) is 35.6. The van der Waals surface area contributed by atoms with E-state index in [0.717, 1.165) is 12.2 Å². The van der Waals surface area contributed by atoms with Crippen LogP contribution in [0.25, 0.3) is 0 Å². The molecule has 0 aliphatic rings. The minimum atomic E-state index is -2.81. The fourth-order valence-electron chi connectivity index (χ4n) is 3.56. The van der Waals surface area contributed by atoms with E-state index >= 15 is 0 Å². The quantitative estimate of drug-likeness (QED) is 0.159. The van der Waals surface area contributed by atoms with Gasteiger partial charge < -0.3 is 26.6 Å². The molecule has 38 heavy (non-hydrogen) atoms. The molecule has 2 aromatic heterocycles. The summed E-state index contributed by atoms with van der Waals surface area (Å²) in [5, 5.41) is 0. The highest BCUT2D eigenvalue weighted by Gasteiger charge is 2.39. The van der Waals surface area contributed by atoms with Crippen molar-refractivity contribution in [2.75, 3.05) is 42.7 Å². The van der Waals surface area contributed by atoms with Gasteiger partial charge in [0, 0.05) is 113 Å². The molecule has 2 heterocycles. The molecule has 12 nitrogen and oxygen atoms in total. The van der Waals surface area contributed by atoms with Crippen molar-refractivity contribution in [3.05, 3.63) is 72.3 Å². The maximum atomic E-state index is 12.4. The number of rotatable bonds is 16. The predicted octanol–water partition coefficient (Wildman–Crippen LogP) is 0.270. The average Bonchev–Trinajstić information content (AvgIpc) is 2.95. The number of pyridine rings is 2. The van der Waals surface area contributed by atoms with Crippen LogP contribution in [0.2, 0.25) is 12.1 Å². The first-order valence-electron chi connectivity index (χ1n) is 11.7. The normalized spacial score (nSPS) is 12.1. The minimum absolute atomic E-state index is 0.467. The van der Waals surface area contributed by atoms with E-state index in [4.69, 9.17) is 36.2 Å². The number of hydrogen-bond donors (Lipinski definition) is 0. The Morgan fingerprint density at radius 2 is 0.974 bits per heavy atom. The van der Waals surface area contributed by atoms with Crippen molar-refractivity contribution in [3.8, 4) is 0 Å². The van der Waals surface area contributed by atoms with E-state index < -0.39 is 29.5 Å². The fraction of sp³-hybridized carbons (Fsp3) is 0.417. The summed E-state index contributed by atoms with van der Waals surface area (Å²) in [5.74, 6) is -1.52. The number of carbonyl (C=O) groups excluding carboxylic acids is 2. The molecule has 0 aromatic carbocycles. The highest BCUT2D eigenvalue weighted by atomic mass is 28.4. The molecule has 0 saturated carbocycles. The molecule has 0 spiro atoms. The molecule has 2 aromatic rings. The number of carbonyl (C=O) groups is 2. The van der Waals surface area contributed by atoms with Crippen LogP contribution in [0.15, 0.2) is 60.9 Å². The van der Waals surface area contributed by atoms with E-state index in [1.54, 1.807) is 36.7 Å². The lowest BCUT2D eigenvalue weighted by Crippen LogP contribution is -2.50. The van der Waals surface area contributed by atoms with Gasteiger partial charge >= 0.3 is 29.5 Å². The molecule has 0 unspecified atom stereocenters. The highest BCUT2D eigenvalue weighted by Crippen LogP contribution is 2.16. The van der Waals surface area contributed by atoms with Gasteiger partial charge in [0.2, 0.25) is 23.8 Å². The van der Waals surface area contributed by atoms with Crippen LogP contribution < -0.4 is 19.1 Å². The van der Waals surface area contributed by atoms with Crippen LogP contribution in [0, 0.1) is 0 Å². The molecule has 0 N–H and O–H groups in total. The average molecular weight is 569 g/mol. The molecule has 14 heteroatoms. The first-order chi connectivity index (χ1) is 18.3. The summed E-state index contributed by atoms with van der Waals surface area (Å²) >= 11 is 0. The molecule has 0 saturated heterocycles. The van der Waals surface area contributed by atoms with E-state index in [2.05, 4.69) is 0 Å². The monoisotopic (exact) mass is 568 g/mol. The summed E-state index contributed by atoms with van der Waals surface area (Å²) in [5.41, 5.74) is 1.37. The van der Waals surface area contributed by atoms with Gasteiger partial charge in [-0.2, -0.15) is 9.68 Å². The predicted molar refractivity (Wildman–Crippen MR) is 136 cm³/mol. The zero-order valence-electron chi connectivity index (χ0n) is 22.6. The third-order valence-corrected chi connectivity index (χ3v) is 11.2. The van der Waals surface area contributed by atoms with Crippen molar-refractivity contribution < 1.29 is 55.3 Å². The van der Waals surface area contributed by atoms with Gasteiger partial charge in [-0.15, -0.1) is 0 Å². The Morgan fingerprint density at radius 3 is 1.29 bits per heavy atom. The summed E-state index contributed by atoms with van der Waals surface area (Å²) < 4.78 is 35.3. The van der Waals surface area contributed by atoms with Gasteiger partial charge in [-0.1, -0.05) is 0 Å². The van der Waals surface area contributed by atoms with Crippen molar-refractivity contribution >= 4 is 29.5 Å². The summed E-state index contributed by atoms with van der Waals surface area (Å²) in [6, 6.07) is 11.6. The van der Waals surface area contributed by atoms with E-state index in [9.17, 15) is 9.59 Å². The van der Waals surface area contributed by atoms with E-state index in [1.807, 2.05) is 12.1 Å². The molecule has 0 bridgehead atoms. The van der Waals surface area contributed by atoms with E-state index in [1.165, 1.54) is 52.1 Å². The molecule has 0 aliphatic heterocycles. The summed E-state index contributed by atoms with van der Waals surface area (Å²) in [7, 11) is 3.59. The molecule has 0 amide bonds. The lowest BCUT2D eigenvalue weighted by molar-refractivity contribution is -0.874. The molecule has 0 aliphatic carbocycles. The number of aromatic nitrogens is 2. The van der Waals surface area contributed by atoms with Gasteiger partial charge in [-0.3, -0.25) is 0 Å². The Labute approximate surface area is 224 Å². The van der Waals surface area contributed by atoms with Crippen molar-refractivity contribution in [3.63, 3.8) is 0 Å². The van der Waals surface area contributed by atoms with Gasteiger partial charge in [0.25, 0.3) is 0 Å². The third kappa shape index (κ3) is 8.88. The van der Waals surface area contributed by atoms with Crippen LogP contribution in [-0.2, 0) is 49.0 Å². The van der Waals surface area contributed by atoms with Crippen molar-refractivity contribution in [2.45, 2.75) is 24.9 Å². The van der Waals surface area contributed by atoms with E-state index in [-0.39, 0.29) is 0 Å². The molecule has 0 radical (unpaired) electrons. The van der Waals surface area contributed by atoms with Gasteiger partial charge in [0.15, 0.2) is 0 Å². The van der Waals surface area contributed by atoms with Gasteiger partial charge in [0.1, 0.15) is 0 Å². The zero-order chi connectivity index (χ0) is 28.0. The zero-order valence-corrected chi connectivity index (χ0v) is 24.6. The van der Waals surface area contributed by atoms with Crippen LogP contribution >= 0.6 is 0 Å². The van der Waals surface area contributed by atoms with Crippen molar-refractivity contribution in [2.24, 2.45) is 0 Å². The molecule has 0 fully saturated rings. The fourth-order valence-corrected chi connectivity index (χ4v) is 6.91. The lowest BCUT2D eigenvalue weighted by Gasteiger charge is -2.23. The second-order valence-electron chi connectivity index (χ2n) is 7.78. The third-order valence-electron chi connectivity index (χ3n) is 5.78. The first-order valence-corrected chi connectivity index (χ1v) is 15.6. The largest absolute Gasteiger partial charge is 0.500 e. The first kappa shape index (κ1) is 31.4. The van der Waals surface area contributed by atoms with Crippen LogP contribution in [-0.4, -0.2) is 72.2 Å². The second-order valence-corrected chi connectivity index (χ2v) is 14.0. The van der Waals surface area contributed by atoms with E-state index in [0.29, 0.717) is 36.3 Å². The minimum Gasteiger partial charge on any atom is -0.377 e. The Bertz CT molecular complexity index is 978. The summed E-state index contributed by atoms with van der Waals surface area (Å²) in [6.07, 6.45) is 6.09. The Kier molecular flexibility index (Phi) is 12.8. The maximum absolute atomic E-state index is 12.4. The lowest BCUT2D eigenvalue weighted by atomic mass is 10.3. The Hall–Kier alpha value is -2.83. The second kappa shape index (κ2) is 15.6. The van der Waals surface area contributed by atoms with Gasteiger partial charge in [-0.05, 0) is 12.1 Å². The van der Waals surface area contributed by atoms with Crippen LogP contribution in [0.3, 0.4) is 0 Å². The van der Waals surface area contributed by atoms with Crippen LogP contribution in [0.1, 0.15) is 11.4 Å². The molecular weight excluding hydrogens is 532 g/mol. The smallest absolute Gasteiger partial charge is 0.377 e. The highest BCUT2D eigenvalue weighted by molar-refractivity contribution is 6.60. The van der Waals surface area contributed by atoms with Crippen LogP contribution in [0.5, 0.6) is 0 Å². The number of nitrogens with zero attached hydrogens (tertiary/aromatic N) is 2. The molecular formula is C24H36N2O10Si2+2. The molecule has 0 atom stereocenters. The Balaban J connectivity index is 2.01.